The van der Waals surface area contributed by atoms with Crippen LogP contribution in [0.15, 0.2) is 78.9 Å². The predicted molar refractivity (Wildman–Crippen MR) is 117 cm³/mol. The second kappa shape index (κ2) is 8.99. The predicted octanol–water partition coefficient (Wildman–Crippen LogP) is 6.28. The lowest BCUT2D eigenvalue weighted by Crippen LogP contribution is -2.16. The molecule has 0 saturated heterocycles. The number of Topliss-reactive ketones (excluding diaryl/α,β-unsaturated/α-hetero) is 1. The smallest absolute Gasteiger partial charge is 0.165 e. The highest BCUT2D eigenvalue weighted by Gasteiger charge is 2.17. The molecule has 0 spiro atoms. The first kappa shape index (κ1) is 18.6. The number of anilines is 1. The highest BCUT2D eigenvalue weighted by Crippen LogP contribution is 2.25. The van der Waals surface area contributed by atoms with Crippen molar-refractivity contribution in [3.05, 3.63) is 99.1 Å². The summed E-state index contributed by atoms with van der Waals surface area (Å²) in [7, 11) is 0. The van der Waals surface area contributed by atoms with E-state index in [1.165, 1.54) is 9.13 Å². The Bertz CT molecular complexity index is 842. The molecule has 0 aliphatic heterocycles. The van der Waals surface area contributed by atoms with Crippen molar-refractivity contribution < 1.29 is 4.79 Å². The first-order valence-corrected chi connectivity index (χ1v) is 9.93. The Balaban J connectivity index is 1.80. The van der Waals surface area contributed by atoms with E-state index in [2.05, 4.69) is 71.2 Å². The number of benzene rings is 3. The standard InChI is InChI=1S/C23H22INO/c1-2-17-8-10-19(11-9-17)23(26)16-22(18-6-4-3-5-7-18)25-21-14-12-20(24)13-15-21/h3-15,22,25H,2,16H2,1H3/t22-/m1/s1. The molecule has 0 aliphatic carbocycles. The van der Waals surface area contributed by atoms with Gasteiger partial charge in [-0.15, -0.1) is 0 Å². The van der Waals surface area contributed by atoms with Gasteiger partial charge in [0.1, 0.15) is 0 Å². The lowest BCUT2D eigenvalue weighted by atomic mass is 9.97. The van der Waals surface area contributed by atoms with Gasteiger partial charge in [-0.05, 0) is 64.4 Å². The van der Waals surface area contributed by atoms with Gasteiger partial charge in [0.25, 0.3) is 0 Å². The molecule has 26 heavy (non-hydrogen) atoms. The van der Waals surface area contributed by atoms with Crippen LogP contribution < -0.4 is 5.32 Å². The zero-order chi connectivity index (χ0) is 18.4. The van der Waals surface area contributed by atoms with Crippen LogP contribution in [0.2, 0.25) is 0 Å². The normalized spacial score (nSPS) is 11.8. The van der Waals surface area contributed by atoms with Crippen LogP contribution in [-0.2, 0) is 6.42 Å². The maximum Gasteiger partial charge on any atom is 0.165 e. The van der Waals surface area contributed by atoms with E-state index >= 15 is 0 Å². The number of aryl methyl sites for hydroxylation is 1. The van der Waals surface area contributed by atoms with Crippen LogP contribution in [0.25, 0.3) is 0 Å². The van der Waals surface area contributed by atoms with Crippen LogP contribution in [0.5, 0.6) is 0 Å². The maximum absolute atomic E-state index is 12.8. The third kappa shape index (κ3) is 4.94. The fraction of sp³-hybridized carbons (Fsp3) is 0.174. The lowest BCUT2D eigenvalue weighted by Gasteiger charge is -2.20. The maximum atomic E-state index is 12.8. The summed E-state index contributed by atoms with van der Waals surface area (Å²) in [6.45, 7) is 2.12. The van der Waals surface area contributed by atoms with Crippen LogP contribution >= 0.6 is 22.6 Å². The van der Waals surface area contributed by atoms with Crippen LogP contribution in [0.3, 0.4) is 0 Å². The first-order valence-electron chi connectivity index (χ1n) is 8.85. The summed E-state index contributed by atoms with van der Waals surface area (Å²) < 4.78 is 1.19. The number of rotatable bonds is 7. The van der Waals surface area contributed by atoms with E-state index in [4.69, 9.17) is 0 Å². The second-order valence-corrected chi connectivity index (χ2v) is 7.54. The fourth-order valence-electron chi connectivity index (χ4n) is 2.91. The molecular formula is C23H22INO. The van der Waals surface area contributed by atoms with Crippen molar-refractivity contribution in [3.8, 4) is 0 Å². The van der Waals surface area contributed by atoms with Crippen molar-refractivity contribution in [3.63, 3.8) is 0 Å². The molecule has 0 radical (unpaired) electrons. The van der Waals surface area contributed by atoms with Gasteiger partial charge in [-0.3, -0.25) is 4.79 Å². The molecule has 3 aromatic rings. The number of hydrogen-bond donors (Lipinski definition) is 1. The SMILES string of the molecule is CCc1ccc(C(=O)C[C@@H](Nc2ccc(I)cc2)c2ccccc2)cc1. The van der Waals surface area contributed by atoms with Crippen LogP contribution in [0.1, 0.15) is 40.9 Å². The Morgan fingerprint density at radius 1 is 0.923 bits per heavy atom. The van der Waals surface area contributed by atoms with Gasteiger partial charge in [-0.2, -0.15) is 0 Å². The number of carbonyl (C=O) groups is 1. The van der Waals surface area contributed by atoms with Crippen molar-refractivity contribution in [2.75, 3.05) is 5.32 Å². The number of carbonyl (C=O) groups excluding carboxylic acids is 1. The average Bonchev–Trinajstić information content (AvgIpc) is 2.70. The Morgan fingerprint density at radius 3 is 2.19 bits per heavy atom. The summed E-state index contributed by atoms with van der Waals surface area (Å²) >= 11 is 2.29. The molecule has 3 rings (SSSR count). The van der Waals surface area contributed by atoms with E-state index in [0.717, 1.165) is 23.2 Å². The fourth-order valence-corrected chi connectivity index (χ4v) is 3.27. The van der Waals surface area contributed by atoms with E-state index in [1.54, 1.807) is 0 Å². The van der Waals surface area contributed by atoms with Crippen LogP contribution in [-0.4, -0.2) is 5.78 Å². The van der Waals surface area contributed by atoms with Gasteiger partial charge in [-0.25, -0.2) is 0 Å². The number of hydrogen-bond acceptors (Lipinski definition) is 2. The van der Waals surface area contributed by atoms with Crippen molar-refractivity contribution in [2.45, 2.75) is 25.8 Å². The van der Waals surface area contributed by atoms with Gasteiger partial charge in [0.15, 0.2) is 5.78 Å². The minimum Gasteiger partial charge on any atom is -0.378 e. The highest BCUT2D eigenvalue weighted by atomic mass is 127. The van der Waals surface area contributed by atoms with E-state index < -0.39 is 0 Å². The third-order valence-corrected chi connectivity index (χ3v) is 5.18. The molecule has 0 aliphatic rings. The molecule has 3 aromatic carbocycles. The molecule has 0 heterocycles. The van der Waals surface area contributed by atoms with Gasteiger partial charge in [0.2, 0.25) is 0 Å². The first-order chi connectivity index (χ1) is 12.7. The van der Waals surface area contributed by atoms with Crippen molar-refractivity contribution in [1.82, 2.24) is 0 Å². The lowest BCUT2D eigenvalue weighted by molar-refractivity contribution is 0.0976. The summed E-state index contributed by atoms with van der Waals surface area (Å²) in [6, 6.07) is 26.3. The largest absolute Gasteiger partial charge is 0.378 e. The average molecular weight is 455 g/mol. The molecule has 1 N–H and O–H groups in total. The van der Waals surface area contributed by atoms with E-state index in [9.17, 15) is 4.79 Å². The zero-order valence-corrected chi connectivity index (χ0v) is 16.9. The molecule has 132 valence electrons. The summed E-state index contributed by atoms with van der Waals surface area (Å²) in [4.78, 5) is 12.8. The molecule has 0 aromatic heterocycles. The third-order valence-electron chi connectivity index (χ3n) is 4.46. The minimum atomic E-state index is -0.0605. The molecule has 0 amide bonds. The quantitative estimate of drug-likeness (QED) is 0.336. The molecule has 0 fully saturated rings. The molecule has 0 unspecified atom stereocenters. The molecular weight excluding hydrogens is 433 g/mol. The van der Waals surface area contributed by atoms with Gasteiger partial charge >= 0.3 is 0 Å². The Labute approximate surface area is 168 Å². The van der Waals surface area contributed by atoms with Gasteiger partial charge < -0.3 is 5.32 Å². The van der Waals surface area contributed by atoms with Gasteiger partial charge in [0.05, 0.1) is 6.04 Å². The van der Waals surface area contributed by atoms with Crippen molar-refractivity contribution in [1.29, 1.82) is 0 Å². The molecule has 0 saturated carbocycles. The van der Waals surface area contributed by atoms with Crippen LogP contribution in [0, 0.1) is 3.57 Å². The molecule has 2 nitrogen and oxygen atoms in total. The Kier molecular flexibility index (Phi) is 6.45. The Morgan fingerprint density at radius 2 is 1.58 bits per heavy atom. The summed E-state index contributed by atoms with van der Waals surface area (Å²) in [6.07, 6.45) is 1.40. The van der Waals surface area contributed by atoms with Crippen molar-refractivity contribution in [2.24, 2.45) is 0 Å². The van der Waals surface area contributed by atoms with Crippen molar-refractivity contribution >= 4 is 34.1 Å². The minimum absolute atomic E-state index is 0.0605. The monoisotopic (exact) mass is 455 g/mol. The zero-order valence-electron chi connectivity index (χ0n) is 14.8. The summed E-state index contributed by atoms with van der Waals surface area (Å²) in [5, 5.41) is 3.52. The second-order valence-electron chi connectivity index (χ2n) is 6.29. The molecule has 1 atom stereocenters. The summed E-state index contributed by atoms with van der Waals surface area (Å²) in [5.74, 6) is 0.152. The van der Waals surface area contributed by atoms with Gasteiger partial charge in [0, 0.05) is 21.2 Å². The Hall–Kier alpha value is -2.14. The number of ketones is 1. The number of halogens is 1. The summed E-state index contributed by atoms with van der Waals surface area (Å²) in [5.41, 5.74) is 4.16. The molecule has 3 heteroatoms. The van der Waals surface area contributed by atoms with E-state index in [1.807, 2.05) is 42.5 Å². The molecule has 0 bridgehead atoms. The van der Waals surface area contributed by atoms with E-state index in [0.29, 0.717) is 6.42 Å². The van der Waals surface area contributed by atoms with Crippen LogP contribution in [0.4, 0.5) is 5.69 Å². The topological polar surface area (TPSA) is 29.1 Å². The van der Waals surface area contributed by atoms with Gasteiger partial charge in [-0.1, -0.05) is 61.5 Å². The number of nitrogens with one attached hydrogen (secondary N) is 1. The highest BCUT2D eigenvalue weighted by molar-refractivity contribution is 14.1. The van der Waals surface area contributed by atoms with E-state index in [-0.39, 0.29) is 11.8 Å².